The first-order valence-corrected chi connectivity index (χ1v) is 12.6. The van der Waals surface area contributed by atoms with Crippen LogP contribution in [-0.4, -0.2) is 28.2 Å². The van der Waals surface area contributed by atoms with Crippen molar-refractivity contribution in [1.82, 2.24) is 9.88 Å². The summed E-state index contributed by atoms with van der Waals surface area (Å²) in [5.74, 6) is 3.76. The van der Waals surface area contributed by atoms with E-state index in [-0.39, 0.29) is 30.1 Å². The van der Waals surface area contributed by atoms with Gasteiger partial charge in [-0.1, -0.05) is 30.3 Å². The number of aromatic nitrogens is 1. The Kier molecular flexibility index (Phi) is 5.18. The van der Waals surface area contributed by atoms with Crippen molar-refractivity contribution in [3.05, 3.63) is 70.4 Å². The maximum absolute atomic E-state index is 14.0. The third kappa shape index (κ3) is 3.99. The van der Waals surface area contributed by atoms with Crippen molar-refractivity contribution in [2.45, 2.75) is 69.9 Å². The molecule has 2 aliphatic carbocycles. The predicted octanol–water partition coefficient (Wildman–Crippen LogP) is 5.69. The van der Waals surface area contributed by atoms with E-state index in [0.29, 0.717) is 5.92 Å². The van der Waals surface area contributed by atoms with E-state index in [4.69, 9.17) is 11.6 Å². The van der Waals surface area contributed by atoms with Crippen LogP contribution in [0.5, 0.6) is 0 Å². The summed E-state index contributed by atoms with van der Waals surface area (Å²) in [7, 11) is 0. The van der Waals surface area contributed by atoms with Gasteiger partial charge in [0.25, 0.3) is 0 Å². The highest BCUT2D eigenvalue weighted by atomic mass is 19.3. The van der Waals surface area contributed by atoms with E-state index in [0.717, 1.165) is 37.1 Å². The van der Waals surface area contributed by atoms with Gasteiger partial charge in [-0.05, 0) is 78.8 Å². The van der Waals surface area contributed by atoms with Crippen LogP contribution in [0.1, 0.15) is 78.3 Å². The topological polar surface area (TPSA) is 83.4 Å². The molecule has 3 aromatic rings. The summed E-state index contributed by atoms with van der Waals surface area (Å²) in [6.07, 6.45) is 6.11. The Hall–Kier alpha value is -2.93. The van der Waals surface area contributed by atoms with Gasteiger partial charge in [-0.15, -0.1) is 0 Å². The lowest BCUT2D eigenvalue weighted by molar-refractivity contribution is -0.186. The van der Waals surface area contributed by atoms with Crippen molar-refractivity contribution < 1.29 is 8.78 Å². The average Bonchev–Trinajstić information content (AvgIpc) is 3.55. The Labute approximate surface area is 204 Å². The third-order valence-corrected chi connectivity index (χ3v) is 8.56. The first kappa shape index (κ1) is 22.5. The molecule has 35 heavy (non-hydrogen) atoms. The molecule has 1 saturated heterocycles. The van der Waals surface area contributed by atoms with Crippen LogP contribution < -0.4 is 11.6 Å². The minimum absolute atomic E-state index is 0.00904. The van der Waals surface area contributed by atoms with E-state index in [2.05, 4.69) is 46.2 Å². The molecule has 1 aliphatic heterocycles. The van der Waals surface area contributed by atoms with Crippen LogP contribution in [0.4, 0.5) is 8.78 Å². The number of aryl methyl sites for hydroxylation is 1. The van der Waals surface area contributed by atoms with Gasteiger partial charge in [0.2, 0.25) is 5.92 Å². The highest BCUT2D eigenvalue weighted by molar-refractivity contribution is 5.97. The number of fused-ring (bicyclic) bond motifs is 1. The van der Waals surface area contributed by atoms with Crippen LogP contribution in [-0.2, 0) is 6.54 Å². The van der Waals surface area contributed by atoms with Crippen molar-refractivity contribution in [2.75, 3.05) is 6.54 Å². The van der Waals surface area contributed by atoms with Crippen LogP contribution in [0.15, 0.2) is 47.7 Å². The van der Waals surface area contributed by atoms with Crippen molar-refractivity contribution in [1.29, 1.82) is 0 Å². The first-order chi connectivity index (χ1) is 16.8. The Morgan fingerprint density at radius 2 is 1.91 bits per heavy atom. The Bertz CT molecular complexity index is 1280. The van der Waals surface area contributed by atoms with Crippen molar-refractivity contribution >= 4 is 16.7 Å². The molecule has 1 unspecified atom stereocenters. The molecule has 6 rings (SSSR count). The van der Waals surface area contributed by atoms with Crippen LogP contribution in [0.2, 0.25) is 0 Å². The largest absolute Gasteiger partial charge is 0.382 e. The molecule has 2 aromatic carbocycles. The zero-order valence-corrected chi connectivity index (χ0v) is 20.2. The maximum Gasteiger partial charge on any atom is 0.249 e. The van der Waals surface area contributed by atoms with Crippen LogP contribution in [0, 0.1) is 12.3 Å². The zero-order valence-electron chi connectivity index (χ0n) is 20.2. The summed E-state index contributed by atoms with van der Waals surface area (Å²) in [4.78, 5) is 5.94. The second-order valence-electron chi connectivity index (χ2n) is 11.1. The molecule has 0 radical (unpaired) electrons. The molecule has 5 N–H and O–H groups in total. The molecular formula is C28H33F2N5. The number of rotatable bonds is 5. The number of hydrazone groups is 1. The molecule has 1 atom stereocenters. The van der Waals surface area contributed by atoms with E-state index in [1.165, 1.54) is 40.4 Å². The number of H-pyrrole nitrogens is 1. The number of hydrogen-bond donors (Lipinski definition) is 3. The van der Waals surface area contributed by atoms with E-state index >= 15 is 0 Å². The second kappa shape index (κ2) is 8.05. The molecule has 0 amide bonds. The third-order valence-electron chi connectivity index (χ3n) is 8.56. The van der Waals surface area contributed by atoms with Gasteiger partial charge in [0.15, 0.2) is 0 Å². The number of nitrogens with zero attached hydrogens (tertiary/aromatic N) is 2. The summed E-state index contributed by atoms with van der Waals surface area (Å²) < 4.78 is 28.0. The summed E-state index contributed by atoms with van der Waals surface area (Å²) in [5.41, 5.74) is 12.9. The Morgan fingerprint density at radius 1 is 1.17 bits per heavy atom. The van der Waals surface area contributed by atoms with E-state index in [9.17, 15) is 8.78 Å². The molecule has 1 spiro atoms. The number of alkyl halides is 2. The molecule has 3 aliphatic rings. The molecule has 0 bridgehead atoms. The average molecular weight is 478 g/mol. The van der Waals surface area contributed by atoms with E-state index < -0.39 is 5.92 Å². The van der Waals surface area contributed by atoms with Crippen LogP contribution in [0.3, 0.4) is 0 Å². The van der Waals surface area contributed by atoms with Crippen LogP contribution in [0.25, 0.3) is 10.9 Å². The number of amidine groups is 1. The maximum atomic E-state index is 14.0. The number of benzene rings is 2. The normalized spacial score (nSPS) is 24.1. The minimum Gasteiger partial charge on any atom is -0.382 e. The highest BCUT2D eigenvalue weighted by Gasteiger charge is 2.58. The van der Waals surface area contributed by atoms with Crippen molar-refractivity contribution in [3.63, 3.8) is 0 Å². The standard InChI is InChI=1S/C28H33F2N5/c1-17-12-22(18-2-3-18)23(21-8-10-33-25(17)21)14-35-11-9-27(15-28(29,30)16-27)13-24(35)19-4-6-20(7-5-19)26(31)34-32/h4-8,10,12,18,24,33H,2-3,9,11,13-16,32H2,1H3,(H2,31,34). The summed E-state index contributed by atoms with van der Waals surface area (Å²) in [6, 6.07) is 12.6. The number of nitrogens with two attached hydrogens (primary N) is 2. The molecule has 7 heteroatoms. The molecule has 1 aromatic heterocycles. The van der Waals surface area contributed by atoms with Gasteiger partial charge in [-0.2, -0.15) is 5.10 Å². The van der Waals surface area contributed by atoms with Crippen molar-refractivity contribution in [3.8, 4) is 0 Å². The van der Waals surface area contributed by atoms with E-state index in [1.807, 2.05) is 18.3 Å². The minimum atomic E-state index is -2.52. The van der Waals surface area contributed by atoms with Gasteiger partial charge >= 0.3 is 0 Å². The monoisotopic (exact) mass is 477 g/mol. The smallest absolute Gasteiger partial charge is 0.249 e. The number of hydrogen-bond acceptors (Lipinski definition) is 3. The number of likely N-dealkylation sites (tertiary alicyclic amines) is 1. The summed E-state index contributed by atoms with van der Waals surface area (Å²) in [6.45, 7) is 3.82. The van der Waals surface area contributed by atoms with Crippen molar-refractivity contribution in [2.24, 2.45) is 22.1 Å². The summed E-state index contributed by atoms with van der Waals surface area (Å²) >= 11 is 0. The predicted molar refractivity (Wildman–Crippen MR) is 135 cm³/mol. The molecule has 184 valence electrons. The van der Waals surface area contributed by atoms with Gasteiger partial charge in [0.05, 0.1) is 0 Å². The lowest BCUT2D eigenvalue weighted by Crippen LogP contribution is -2.53. The fourth-order valence-corrected chi connectivity index (χ4v) is 6.65. The lowest BCUT2D eigenvalue weighted by Gasteiger charge is -2.54. The Balaban J connectivity index is 1.36. The fourth-order valence-electron chi connectivity index (χ4n) is 6.65. The van der Waals surface area contributed by atoms with Gasteiger partial charge in [0.1, 0.15) is 5.84 Å². The molecular weight excluding hydrogens is 444 g/mol. The van der Waals surface area contributed by atoms with E-state index in [1.54, 1.807) is 0 Å². The van der Waals surface area contributed by atoms with Gasteiger partial charge in [0, 0.05) is 48.1 Å². The Morgan fingerprint density at radius 3 is 2.57 bits per heavy atom. The SMILES string of the molecule is Cc1cc(C2CC2)c(CN2CCC3(CC2c2ccc(/C(N)=N/N)cc2)CC(F)(F)C3)c2cc[nH]c12. The molecule has 5 nitrogen and oxygen atoms in total. The number of piperidine rings is 1. The summed E-state index contributed by atoms with van der Waals surface area (Å²) in [5, 5.41) is 4.89. The van der Waals surface area contributed by atoms with Crippen LogP contribution >= 0.6 is 0 Å². The van der Waals surface area contributed by atoms with Gasteiger partial charge < -0.3 is 16.6 Å². The fraction of sp³-hybridized carbons (Fsp3) is 0.464. The quantitative estimate of drug-likeness (QED) is 0.191. The molecule has 2 saturated carbocycles. The number of nitrogens with one attached hydrogen (secondary N) is 1. The number of aromatic amines is 1. The molecule has 2 heterocycles. The molecule has 3 fully saturated rings. The zero-order chi connectivity index (χ0) is 24.4. The van der Waals surface area contributed by atoms with Gasteiger partial charge in [-0.25, -0.2) is 8.78 Å². The number of halogens is 2. The highest BCUT2D eigenvalue weighted by Crippen LogP contribution is 2.60. The first-order valence-electron chi connectivity index (χ1n) is 12.6. The lowest BCUT2D eigenvalue weighted by atomic mass is 9.59. The van der Waals surface area contributed by atoms with Gasteiger partial charge in [-0.3, -0.25) is 4.90 Å². The second-order valence-corrected chi connectivity index (χ2v) is 11.1.